The molecule has 1 aromatic carbocycles. The van der Waals surface area contributed by atoms with E-state index in [1.54, 1.807) is 4.90 Å². The predicted molar refractivity (Wildman–Crippen MR) is 78.9 cm³/mol. The largest absolute Gasteiger partial charge is 0.417 e. The van der Waals surface area contributed by atoms with Crippen LogP contribution in [0.5, 0.6) is 0 Å². The predicted octanol–water partition coefficient (Wildman–Crippen LogP) is 3.19. The van der Waals surface area contributed by atoms with Crippen molar-refractivity contribution in [3.05, 3.63) is 46.3 Å². The molecule has 4 nitrogen and oxygen atoms in total. The molecule has 0 aliphatic rings. The molecule has 0 bridgehead atoms. The lowest BCUT2D eigenvalue weighted by Crippen LogP contribution is -2.42. The smallest absolute Gasteiger partial charge is 0.344 e. The van der Waals surface area contributed by atoms with E-state index in [2.05, 4.69) is 0 Å². The van der Waals surface area contributed by atoms with Crippen LogP contribution in [0.15, 0.2) is 33.5 Å². The van der Waals surface area contributed by atoms with E-state index in [1.165, 1.54) is 24.3 Å². The number of carbonyl (C=O) groups excluding carboxylic acids is 1. The van der Waals surface area contributed by atoms with E-state index in [0.29, 0.717) is 5.39 Å². The highest BCUT2D eigenvalue weighted by Gasteiger charge is 2.24. The van der Waals surface area contributed by atoms with Gasteiger partial charge in [0, 0.05) is 12.1 Å². The Kier molecular flexibility index (Phi) is 4.11. The normalized spacial score (nSPS) is 11.4. The molecule has 0 N–H and O–H groups in total. The topological polar surface area (TPSA) is 50.5 Å². The van der Waals surface area contributed by atoms with Gasteiger partial charge >= 0.3 is 5.63 Å². The Labute approximate surface area is 122 Å². The van der Waals surface area contributed by atoms with Crippen molar-refractivity contribution in [1.29, 1.82) is 0 Å². The number of hydrogen-bond donors (Lipinski definition) is 0. The van der Waals surface area contributed by atoms with Gasteiger partial charge in [0.25, 0.3) is 5.91 Å². The Morgan fingerprint density at radius 1 is 1.14 bits per heavy atom. The van der Waals surface area contributed by atoms with Gasteiger partial charge in [-0.25, -0.2) is 9.18 Å². The van der Waals surface area contributed by atoms with Gasteiger partial charge in [0.15, 0.2) is 5.76 Å². The van der Waals surface area contributed by atoms with Gasteiger partial charge in [-0.3, -0.25) is 4.79 Å². The molecule has 0 saturated heterocycles. The quantitative estimate of drug-likeness (QED) is 0.872. The maximum absolute atomic E-state index is 13.3. The summed E-state index contributed by atoms with van der Waals surface area (Å²) in [7, 11) is 0. The van der Waals surface area contributed by atoms with E-state index in [0.717, 1.165) is 0 Å². The van der Waals surface area contributed by atoms with Crippen molar-refractivity contribution in [2.24, 2.45) is 0 Å². The maximum Gasteiger partial charge on any atom is 0.344 e. The van der Waals surface area contributed by atoms with E-state index in [-0.39, 0.29) is 29.1 Å². The molecule has 0 atom stereocenters. The van der Waals surface area contributed by atoms with Crippen molar-refractivity contribution in [3.8, 4) is 0 Å². The van der Waals surface area contributed by atoms with Gasteiger partial charge in [-0.05, 0) is 57.3 Å². The summed E-state index contributed by atoms with van der Waals surface area (Å²) in [5.41, 5.74) is -0.636. The Balaban J connectivity index is 2.56. The van der Waals surface area contributed by atoms with Crippen LogP contribution in [0.4, 0.5) is 4.39 Å². The first-order valence-corrected chi connectivity index (χ1v) is 6.87. The van der Waals surface area contributed by atoms with Gasteiger partial charge in [0.1, 0.15) is 5.82 Å². The van der Waals surface area contributed by atoms with E-state index >= 15 is 0 Å². The molecule has 0 spiro atoms. The van der Waals surface area contributed by atoms with Gasteiger partial charge in [0.2, 0.25) is 0 Å². The van der Waals surface area contributed by atoms with Crippen LogP contribution in [0.1, 0.15) is 38.2 Å². The molecule has 2 aromatic rings. The van der Waals surface area contributed by atoms with Crippen molar-refractivity contribution in [1.82, 2.24) is 4.90 Å². The van der Waals surface area contributed by atoms with Crippen molar-refractivity contribution in [2.75, 3.05) is 0 Å². The molecule has 112 valence electrons. The van der Waals surface area contributed by atoms with Gasteiger partial charge < -0.3 is 9.32 Å². The number of nitrogens with zero attached hydrogens (tertiary/aromatic N) is 1. The number of carbonyl (C=O) groups is 1. The van der Waals surface area contributed by atoms with Crippen LogP contribution in [0, 0.1) is 5.82 Å². The molecular formula is C16H18FNO3. The number of benzene rings is 1. The summed E-state index contributed by atoms with van der Waals surface area (Å²) in [6, 6.07) is 5.11. The Hall–Kier alpha value is -2.17. The second-order valence-electron chi connectivity index (χ2n) is 5.53. The molecule has 21 heavy (non-hydrogen) atoms. The minimum atomic E-state index is -0.636. The SMILES string of the molecule is CC(C)N(C(=O)c1cc2cc(F)ccc2c(=O)o1)C(C)C. The monoisotopic (exact) mass is 291 g/mol. The van der Waals surface area contributed by atoms with E-state index < -0.39 is 11.4 Å². The number of halogens is 1. The van der Waals surface area contributed by atoms with Crippen LogP contribution < -0.4 is 5.63 Å². The van der Waals surface area contributed by atoms with Crippen molar-refractivity contribution in [3.63, 3.8) is 0 Å². The highest BCUT2D eigenvalue weighted by atomic mass is 19.1. The molecule has 0 aliphatic heterocycles. The Morgan fingerprint density at radius 3 is 2.33 bits per heavy atom. The minimum absolute atomic E-state index is 0.0361. The zero-order valence-corrected chi connectivity index (χ0v) is 12.5. The summed E-state index contributed by atoms with van der Waals surface area (Å²) in [5.74, 6) is -0.903. The first-order valence-electron chi connectivity index (χ1n) is 6.87. The van der Waals surface area contributed by atoms with Crippen molar-refractivity contribution >= 4 is 16.7 Å². The average molecular weight is 291 g/mol. The first-order chi connectivity index (χ1) is 9.81. The number of rotatable bonds is 3. The van der Waals surface area contributed by atoms with E-state index in [9.17, 15) is 14.0 Å². The Morgan fingerprint density at radius 2 is 1.76 bits per heavy atom. The fraction of sp³-hybridized carbons (Fsp3) is 0.375. The van der Waals surface area contributed by atoms with Gasteiger partial charge in [-0.15, -0.1) is 0 Å². The zero-order chi connectivity index (χ0) is 15.7. The molecule has 0 unspecified atom stereocenters. The van der Waals surface area contributed by atoms with E-state index in [1.807, 2.05) is 27.7 Å². The third kappa shape index (κ3) is 2.96. The second kappa shape index (κ2) is 5.68. The minimum Gasteiger partial charge on any atom is -0.417 e. The summed E-state index contributed by atoms with van der Waals surface area (Å²) < 4.78 is 18.4. The third-order valence-electron chi connectivity index (χ3n) is 3.28. The number of fused-ring (bicyclic) bond motifs is 1. The standard InChI is InChI=1S/C16H18FNO3/c1-9(2)18(10(3)4)15(19)14-8-11-7-12(17)5-6-13(11)16(20)21-14/h5-10H,1-4H3. The Bertz CT molecular complexity index is 726. The molecule has 1 amide bonds. The molecule has 0 radical (unpaired) electrons. The highest BCUT2D eigenvalue weighted by molar-refractivity contribution is 5.95. The summed E-state index contributed by atoms with van der Waals surface area (Å²) >= 11 is 0. The van der Waals surface area contributed by atoms with Gasteiger partial charge in [0.05, 0.1) is 5.39 Å². The van der Waals surface area contributed by atoms with Crippen LogP contribution in [0.25, 0.3) is 10.8 Å². The van der Waals surface area contributed by atoms with Crippen molar-refractivity contribution in [2.45, 2.75) is 39.8 Å². The van der Waals surface area contributed by atoms with Crippen molar-refractivity contribution < 1.29 is 13.6 Å². The van der Waals surface area contributed by atoms with Gasteiger partial charge in [-0.2, -0.15) is 0 Å². The fourth-order valence-corrected chi connectivity index (χ4v) is 2.46. The average Bonchev–Trinajstić information content (AvgIpc) is 2.36. The molecule has 0 aliphatic carbocycles. The van der Waals surface area contributed by atoms with Crippen LogP contribution in [-0.2, 0) is 0 Å². The third-order valence-corrected chi connectivity index (χ3v) is 3.28. The number of hydrogen-bond acceptors (Lipinski definition) is 3. The second-order valence-corrected chi connectivity index (χ2v) is 5.53. The molecular weight excluding hydrogens is 273 g/mol. The molecule has 1 heterocycles. The highest BCUT2D eigenvalue weighted by Crippen LogP contribution is 2.17. The molecule has 0 fully saturated rings. The lowest BCUT2D eigenvalue weighted by molar-refractivity contribution is 0.0606. The van der Waals surface area contributed by atoms with E-state index in [4.69, 9.17) is 4.42 Å². The summed E-state index contributed by atoms with van der Waals surface area (Å²) in [5, 5.41) is 0.621. The first kappa shape index (κ1) is 15.2. The zero-order valence-electron chi connectivity index (χ0n) is 12.5. The lowest BCUT2D eigenvalue weighted by Gasteiger charge is -2.30. The van der Waals surface area contributed by atoms with Crippen LogP contribution in [0.2, 0.25) is 0 Å². The molecule has 1 aromatic heterocycles. The fourth-order valence-electron chi connectivity index (χ4n) is 2.46. The summed E-state index contributed by atoms with van der Waals surface area (Å²) in [6.07, 6.45) is 0. The van der Waals surface area contributed by atoms with Crippen LogP contribution >= 0.6 is 0 Å². The maximum atomic E-state index is 13.3. The van der Waals surface area contributed by atoms with Crippen LogP contribution in [-0.4, -0.2) is 22.9 Å². The molecule has 2 rings (SSSR count). The summed E-state index contributed by atoms with van der Waals surface area (Å²) in [6.45, 7) is 7.54. The molecule has 0 saturated carbocycles. The number of amides is 1. The summed E-state index contributed by atoms with van der Waals surface area (Å²) in [4.78, 5) is 26.0. The van der Waals surface area contributed by atoms with Crippen LogP contribution in [0.3, 0.4) is 0 Å². The van der Waals surface area contributed by atoms with Gasteiger partial charge in [-0.1, -0.05) is 0 Å². The molecule has 5 heteroatoms. The lowest BCUT2D eigenvalue weighted by atomic mass is 10.1.